The van der Waals surface area contributed by atoms with Gasteiger partial charge in [-0.05, 0) is 44.1 Å². The SMILES string of the molecule is CC(C)n1cc(NC(c2cccs2)C2CC2)cn1. The third kappa shape index (κ3) is 2.43. The molecule has 1 unspecified atom stereocenters. The van der Waals surface area contributed by atoms with Crippen molar-refractivity contribution in [2.24, 2.45) is 5.92 Å². The largest absolute Gasteiger partial charge is 0.375 e. The van der Waals surface area contributed by atoms with Gasteiger partial charge in [0.2, 0.25) is 0 Å². The zero-order valence-electron chi connectivity index (χ0n) is 10.8. The lowest BCUT2D eigenvalue weighted by Crippen LogP contribution is -2.11. The van der Waals surface area contributed by atoms with Crippen molar-refractivity contribution in [1.29, 1.82) is 0 Å². The molecule has 0 bridgehead atoms. The first kappa shape index (κ1) is 11.8. The smallest absolute Gasteiger partial charge is 0.0731 e. The minimum absolute atomic E-state index is 0.418. The fourth-order valence-electron chi connectivity index (χ4n) is 2.19. The highest BCUT2D eigenvalue weighted by molar-refractivity contribution is 7.10. The molecule has 1 saturated carbocycles. The fraction of sp³-hybridized carbons (Fsp3) is 0.500. The minimum Gasteiger partial charge on any atom is -0.375 e. The molecule has 3 rings (SSSR count). The van der Waals surface area contributed by atoms with Crippen LogP contribution in [0.4, 0.5) is 5.69 Å². The van der Waals surface area contributed by atoms with Crippen molar-refractivity contribution in [2.45, 2.75) is 38.8 Å². The summed E-state index contributed by atoms with van der Waals surface area (Å²) >= 11 is 1.84. The number of rotatable bonds is 5. The van der Waals surface area contributed by atoms with E-state index in [0.29, 0.717) is 12.1 Å². The van der Waals surface area contributed by atoms with Crippen LogP contribution in [0.25, 0.3) is 0 Å². The number of thiophene rings is 1. The van der Waals surface area contributed by atoms with E-state index < -0.39 is 0 Å². The van der Waals surface area contributed by atoms with Gasteiger partial charge in [0, 0.05) is 17.1 Å². The Morgan fingerprint density at radius 2 is 2.28 bits per heavy atom. The Hall–Kier alpha value is -1.29. The van der Waals surface area contributed by atoms with E-state index in [4.69, 9.17) is 0 Å². The Bertz CT molecular complexity index is 497. The maximum atomic E-state index is 4.39. The fourth-order valence-corrected chi connectivity index (χ4v) is 3.06. The summed E-state index contributed by atoms with van der Waals surface area (Å²) in [6, 6.07) is 5.25. The highest BCUT2D eigenvalue weighted by Crippen LogP contribution is 2.44. The Morgan fingerprint density at radius 1 is 1.44 bits per heavy atom. The van der Waals surface area contributed by atoms with Gasteiger partial charge in [-0.3, -0.25) is 4.68 Å². The van der Waals surface area contributed by atoms with Crippen molar-refractivity contribution in [1.82, 2.24) is 9.78 Å². The molecule has 4 heteroatoms. The minimum atomic E-state index is 0.418. The molecule has 3 nitrogen and oxygen atoms in total. The summed E-state index contributed by atoms with van der Waals surface area (Å²) in [4.78, 5) is 1.44. The summed E-state index contributed by atoms with van der Waals surface area (Å²) in [5, 5.41) is 10.2. The zero-order chi connectivity index (χ0) is 12.5. The molecule has 2 aromatic heterocycles. The van der Waals surface area contributed by atoms with Crippen LogP contribution in [0.15, 0.2) is 29.9 Å². The monoisotopic (exact) mass is 261 g/mol. The number of anilines is 1. The maximum Gasteiger partial charge on any atom is 0.0731 e. The molecule has 18 heavy (non-hydrogen) atoms. The van der Waals surface area contributed by atoms with Gasteiger partial charge < -0.3 is 5.32 Å². The van der Waals surface area contributed by atoms with Crippen molar-refractivity contribution in [3.05, 3.63) is 34.8 Å². The van der Waals surface area contributed by atoms with E-state index in [1.165, 1.54) is 17.7 Å². The second kappa shape index (κ2) is 4.76. The van der Waals surface area contributed by atoms with E-state index >= 15 is 0 Å². The average molecular weight is 261 g/mol. The van der Waals surface area contributed by atoms with E-state index in [2.05, 4.69) is 48.0 Å². The van der Waals surface area contributed by atoms with Crippen LogP contribution >= 0.6 is 11.3 Å². The summed E-state index contributed by atoms with van der Waals surface area (Å²) in [5.41, 5.74) is 1.13. The molecule has 0 amide bonds. The van der Waals surface area contributed by atoms with Gasteiger partial charge in [-0.2, -0.15) is 5.10 Å². The van der Waals surface area contributed by atoms with Crippen molar-refractivity contribution in [3.8, 4) is 0 Å². The number of aromatic nitrogens is 2. The van der Waals surface area contributed by atoms with Gasteiger partial charge in [-0.1, -0.05) is 6.07 Å². The lowest BCUT2D eigenvalue weighted by molar-refractivity contribution is 0.532. The zero-order valence-corrected chi connectivity index (χ0v) is 11.7. The average Bonchev–Trinajstić information content (AvgIpc) is 2.88. The molecule has 1 atom stereocenters. The number of hydrogen-bond acceptors (Lipinski definition) is 3. The predicted molar refractivity (Wildman–Crippen MR) is 76.0 cm³/mol. The molecule has 1 aliphatic carbocycles. The van der Waals surface area contributed by atoms with Crippen molar-refractivity contribution < 1.29 is 0 Å². The first-order valence-corrected chi connectivity index (χ1v) is 7.46. The van der Waals surface area contributed by atoms with Gasteiger partial charge in [0.15, 0.2) is 0 Å². The highest BCUT2D eigenvalue weighted by atomic mass is 32.1. The Morgan fingerprint density at radius 3 is 2.83 bits per heavy atom. The van der Waals surface area contributed by atoms with Crippen LogP contribution in [0.1, 0.15) is 43.6 Å². The molecule has 96 valence electrons. The summed E-state index contributed by atoms with van der Waals surface area (Å²) in [5.74, 6) is 0.797. The molecule has 1 N–H and O–H groups in total. The summed E-state index contributed by atoms with van der Waals surface area (Å²) in [6.45, 7) is 4.29. The highest BCUT2D eigenvalue weighted by Gasteiger charge is 2.33. The molecule has 0 radical (unpaired) electrons. The van der Waals surface area contributed by atoms with Gasteiger partial charge >= 0.3 is 0 Å². The van der Waals surface area contributed by atoms with Crippen molar-refractivity contribution in [3.63, 3.8) is 0 Å². The number of hydrogen-bond donors (Lipinski definition) is 1. The Balaban J connectivity index is 1.76. The molecular weight excluding hydrogens is 242 g/mol. The summed E-state index contributed by atoms with van der Waals surface area (Å²) < 4.78 is 2.00. The molecule has 2 heterocycles. The van der Waals surface area contributed by atoms with E-state index in [1.54, 1.807) is 0 Å². The predicted octanol–water partition coefficient (Wildman–Crippen LogP) is 4.09. The van der Waals surface area contributed by atoms with Gasteiger partial charge in [-0.25, -0.2) is 0 Å². The summed E-state index contributed by atoms with van der Waals surface area (Å²) in [6.07, 6.45) is 6.72. The molecule has 0 saturated heterocycles. The standard InChI is InChI=1S/C14H19N3S/c1-10(2)17-9-12(8-15-17)16-14(11-5-6-11)13-4-3-7-18-13/h3-4,7-11,14,16H,5-6H2,1-2H3. The van der Waals surface area contributed by atoms with Gasteiger partial charge in [0.1, 0.15) is 0 Å². The molecule has 0 aliphatic heterocycles. The van der Waals surface area contributed by atoms with Crippen LogP contribution in [-0.4, -0.2) is 9.78 Å². The lowest BCUT2D eigenvalue weighted by Gasteiger charge is -2.16. The normalized spacial score (nSPS) is 17.1. The first-order valence-electron chi connectivity index (χ1n) is 6.58. The second-order valence-corrected chi connectivity index (χ2v) is 6.26. The van der Waals surface area contributed by atoms with Crippen LogP contribution in [0, 0.1) is 5.92 Å². The topological polar surface area (TPSA) is 29.9 Å². The molecule has 2 aromatic rings. The lowest BCUT2D eigenvalue weighted by atomic mass is 10.1. The quantitative estimate of drug-likeness (QED) is 0.878. The molecular formula is C14H19N3S. The van der Waals surface area contributed by atoms with Gasteiger partial charge in [0.05, 0.1) is 17.9 Å². The molecule has 1 fully saturated rings. The van der Waals surface area contributed by atoms with E-state index in [-0.39, 0.29) is 0 Å². The van der Waals surface area contributed by atoms with Gasteiger partial charge in [0.25, 0.3) is 0 Å². The van der Waals surface area contributed by atoms with Crippen molar-refractivity contribution >= 4 is 17.0 Å². The molecule has 1 aliphatic rings. The first-order chi connectivity index (χ1) is 8.74. The van der Waals surface area contributed by atoms with E-state index in [0.717, 1.165) is 11.6 Å². The van der Waals surface area contributed by atoms with E-state index in [1.807, 2.05) is 22.2 Å². The maximum absolute atomic E-state index is 4.39. The number of nitrogens with zero attached hydrogens (tertiary/aromatic N) is 2. The van der Waals surface area contributed by atoms with Gasteiger partial charge in [-0.15, -0.1) is 11.3 Å². The van der Waals surface area contributed by atoms with Crippen LogP contribution in [0.3, 0.4) is 0 Å². The van der Waals surface area contributed by atoms with E-state index in [9.17, 15) is 0 Å². The van der Waals surface area contributed by atoms with Crippen LogP contribution in [-0.2, 0) is 0 Å². The third-order valence-corrected chi connectivity index (χ3v) is 4.35. The summed E-state index contributed by atoms with van der Waals surface area (Å²) in [7, 11) is 0. The molecule has 0 spiro atoms. The Kier molecular flexibility index (Phi) is 3.12. The van der Waals surface area contributed by atoms with Crippen LogP contribution in [0.5, 0.6) is 0 Å². The molecule has 0 aromatic carbocycles. The van der Waals surface area contributed by atoms with Crippen LogP contribution < -0.4 is 5.32 Å². The van der Waals surface area contributed by atoms with Crippen LogP contribution in [0.2, 0.25) is 0 Å². The second-order valence-electron chi connectivity index (χ2n) is 5.28. The van der Waals surface area contributed by atoms with Crippen molar-refractivity contribution in [2.75, 3.05) is 5.32 Å². The number of nitrogens with one attached hydrogen (secondary N) is 1. The Labute approximate surface area is 112 Å². The third-order valence-electron chi connectivity index (χ3n) is 3.40.